The second kappa shape index (κ2) is 14.3. The monoisotopic (exact) mass is 677 g/mol. The van der Waals surface area contributed by atoms with E-state index in [4.69, 9.17) is 30.9 Å². The van der Waals surface area contributed by atoms with Gasteiger partial charge in [0, 0.05) is 29.6 Å². The maximum absolute atomic E-state index is 13.3. The van der Waals surface area contributed by atoms with Crippen LogP contribution in [0.2, 0.25) is 5.02 Å². The number of esters is 1. The van der Waals surface area contributed by atoms with E-state index in [1.807, 2.05) is 44.2 Å². The Balaban J connectivity index is 1.71. The molecule has 0 fully saturated rings. The van der Waals surface area contributed by atoms with Crippen molar-refractivity contribution in [2.75, 3.05) is 38.7 Å². The lowest BCUT2D eigenvalue weighted by Crippen LogP contribution is -2.34. The lowest BCUT2D eigenvalue weighted by molar-refractivity contribution is -0.139. The number of aromatic nitrogens is 3. The molecule has 2 aromatic carbocycles. The number of nitrogens with zero attached hydrogens (tertiary/aromatic N) is 4. The van der Waals surface area contributed by atoms with E-state index in [1.54, 1.807) is 29.5 Å². The first-order valence-corrected chi connectivity index (χ1v) is 15.6. The fourth-order valence-corrected chi connectivity index (χ4v) is 6.26. The van der Waals surface area contributed by atoms with Crippen molar-refractivity contribution in [2.45, 2.75) is 44.6 Å². The number of fused-ring (bicyclic) bond motifs is 1. The third kappa shape index (κ3) is 6.87. The smallest absolute Gasteiger partial charge is 0.338 e. The largest absolute Gasteiger partial charge is 0.493 e. The quantitative estimate of drug-likeness (QED) is 0.180. The Bertz CT molecular complexity index is 1490. The van der Waals surface area contributed by atoms with E-state index in [1.165, 1.54) is 18.9 Å². The molecule has 1 amide bonds. The van der Waals surface area contributed by atoms with Crippen LogP contribution in [0.1, 0.15) is 44.9 Å². The minimum Gasteiger partial charge on any atom is -0.493 e. The topological polar surface area (TPSA) is 108 Å². The molecule has 0 radical (unpaired) electrons. The highest BCUT2D eigenvalue weighted by Gasteiger charge is 2.36. The highest BCUT2D eigenvalue weighted by atomic mass is 79.9. The second-order valence-electron chi connectivity index (χ2n) is 9.22. The number of thioether (sulfide) groups is 1. The molecule has 1 aliphatic heterocycles. The van der Waals surface area contributed by atoms with Gasteiger partial charge < -0.3 is 24.4 Å². The number of nitrogens with one attached hydrogen (secondary N) is 1. The van der Waals surface area contributed by atoms with Crippen LogP contribution in [0.25, 0.3) is 0 Å². The Kier molecular flexibility index (Phi) is 10.8. The highest BCUT2D eigenvalue weighted by Crippen LogP contribution is 2.43. The third-order valence-electron chi connectivity index (χ3n) is 6.67. The normalized spacial score (nSPS) is 14.2. The summed E-state index contributed by atoms with van der Waals surface area (Å²) in [5, 5.41) is 9.16. The number of carbonyl (C=O) groups excluding carboxylic acids is 2. The maximum atomic E-state index is 13.3. The standard InChI is InChI=1S/C29H33BrClN5O5S/c1-6-35(7-2)23(37)15-41-26-20(30)13-19(14-22(26)39-5)25-24(27(38)40-8-3)17(4)32-28-33-29(34-36(25)28)42-16-18-11-9-10-12-21(18)31/h9-14,25H,6-8,15-16H2,1-5H3,(H,32,33,34). The summed E-state index contributed by atoms with van der Waals surface area (Å²) >= 11 is 11.4. The maximum Gasteiger partial charge on any atom is 0.338 e. The number of hydrogen-bond donors (Lipinski definition) is 1. The number of amides is 1. The first-order chi connectivity index (χ1) is 20.2. The molecule has 3 aromatic rings. The fraction of sp³-hybridized carbons (Fsp3) is 0.379. The van der Waals surface area contributed by atoms with Gasteiger partial charge in [-0.3, -0.25) is 4.79 Å². The molecule has 0 saturated carbocycles. The number of hydrogen-bond acceptors (Lipinski definition) is 9. The van der Waals surface area contributed by atoms with Crippen molar-refractivity contribution < 1.29 is 23.8 Å². The van der Waals surface area contributed by atoms with Gasteiger partial charge in [-0.15, -0.1) is 5.10 Å². The van der Waals surface area contributed by atoms with Crippen LogP contribution in [0.15, 0.2) is 57.3 Å². The van der Waals surface area contributed by atoms with Crippen molar-refractivity contribution in [3.8, 4) is 11.5 Å². The van der Waals surface area contributed by atoms with Gasteiger partial charge in [0.2, 0.25) is 11.1 Å². The van der Waals surface area contributed by atoms with Gasteiger partial charge >= 0.3 is 5.97 Å². The van der Waals surface area contributed by atoms with E-state index in [9.17, 15) is 9.59 Å². The molecule has 0 saturated heterocycles. The van der Waals surface area contributed by atoms with E-state index in [0.29, 0.717) is 67.8 Å². The van der Waals surface area contributed by atoms with Gasteiger partial charge in [-0.2, -0.15) is 4.98 Å². The van der Waals surface area contributed by atoms with Crippen molar-refractivity contribution >= 4 is 57.1 Å². The van der Waals surface area contributed by atoms with Crippen molar-refractivity contribution in [2.24, 2.45) is 0 Å². The number of benzene rings is 2. The molecular formula is C29H33BrClN5O5S. The zero-order valence-electron chi connectivity index (χ0n) is 24.1. The van der Waals surface area contributed by atoms with E-state index < -0.39 is 12.0 Å². The van der Waals surface area contributed by atoms with E-state index in [0.717, 1.165) is 5.56 Å². The number of likely N-dealkylation sites (N-methyl/N-ethyl adjacent to an activating group) is 1. The van der Waals surface area contributed by atoms with Crippen LogP contribution in [-0.2, 0) is 20.1 Å². The predicted molar refractivity (Wildman–Crippen MR) is 166 cm³/mol. The number of carbonyl (C=O) groups is 2. The van der Waals surface area contributed by atoms with Gasteiger partial charge in [-0.05, 0) is 73.0 Å². The van der Waals surface area contributed by atoms with Crippen LogP contribution < -0.4 is 14.8 Å². The molecule has 1 aromatic heterocycles. The SMILES string of the molecule is CCOC(=O)C1=C(C)Nc2nc(SCc3ccccc3Cl)nn2C1c1cc(Br)c(OCC(=O)N(CC)CC)c(OC)c1. The van der Waals surface area contributed by atoms with Crippen LogP contribution in [0.5, 0.6) is 11.5 Å². The zero-order valence-corrected chi connectivity index (χ0v) is 27.2. The molecule has 1 atom stereocenters. The van der Waals surface area contributed by atoms with Crippen molar-refractivity contribution in [3.63, 3.8) is 0 Å². The number of halogens is 2. The van der Waals surface area contributed by atoms with Gasteiger partial charge in [-0.25, -0.2) is 9.48 Å². The molecular weight excluding hydrogens is 646 g/mol. The summed E-state index contributed by atoms with van der Waals surface area (Å²) in [7, 11) is 1.52. The Morgan fingerprint density at radius 2 is 1.93 bits per heavy atom. The molecule has 10 nitrogen and oxygen atoms in total. The second-order valence-corrected chi connectivity index (χ2v) is 11.4. The summed E-state index contributed by atoms with van der Waals surface area (Å²) in [5.74, 6) is 1.22. The van der Waals surface area contributed by atoms with Crippen LogP contribution >= 0.6 is 39.3 Å². The van der Waals surface area contributed by atoms with E-state index in [2.05, 4.69) is 26.2 Å². The Morgan fingerprint density at radius 3 is 2.60 bits per heavy atom. The minimum atomic E-state index is -0.681. The summed E-state index contributed by atoms with van der Waals surface area (Å²) in [4.78, 5) is 32.2. The summed E-state index contributed by atoms with van der Waals surface area (Å²) in [6.45, 7) is 8.65. The van der Waals surface area contributed by atoms with Crippen molar-refractivity contribution in [1.82, 2.24) is 19.7 Å². The third-order valence-corrected chi connectivity index (χ3v) is 8.51. The number of methoxy groups -OCH3 is 1. The van der Waals surface area contributed by atoms with Crippen LogP contribution in [0, 0.1) is 0 Å². The number of ether oxygens (including phenoxy) is 3. The number of anilines is 1. The summed E-state index contributed by atoms with van der Waals surface area (Å²) in [6.07, 6.45) is 0. The van der Waals surface area contributed by atoms with Gasteiger partial charge in [0.15, 0.2) is 18.1 Å². The molecule has 2 heterocycles. The number of rotatable bonds is 12. The summed E-state index contributed by atoms with van der Waals surface area (Å²) < 4.78 is 19.2. The average Bonchev–Trinajstić information content (AvgIpc) is 3.37. The Morgan fingerprint density at radius 1 is 1.19 bits per heavy atom. The van der Waals surface area contributed by atoms with Crippen LogP contribution in [-0.4, -0.2) is 65.0 Å². The highest BCUT2D eigenvalue weighted by molar-refractivity contribution is 9.10. The van der Waals surface area contributed by atoms with E-state index >= 15 is 0 Å². The molecule has 42 heavy (non-hydrogen) atoms. The van der Waals surface area contributed by atoms with Crippen molar-refractivity contribution in [3.05, 3.63) is 68.3 Å². The van der Waals surface area contributed by atoms with Gasteiger partial charge in [-0.1, -0.05) is 41.6 Å². The molecule has 4 rings (SSSR count). The molecule has 1 unspecified atom stereocenters. The molecule has 1 N–H and O–H groups in total. The van der Waals surface area contributed by atoms with Crippen LogP contribution in [0.4, 0.5) is 5.95 Å². The fourth-order valence-electron chi connectivity index (χ4n) is 4.57. The summed E-state index contributed by atoms with van der Waals surface area (Å²) in [5.41, 5.74) is 2.63. The first kappa shape index (κ1) is 31.7. The first-order valence-electron chi connectivity index (χ1n) is 13.5. The molecule has 0 bridgehead atoms. The molecule has 0 aliphatic carbocycles. The van der Waals surface area contributed by atoms with E-state index in [-0.39, 0.29) is 19.1 Å². The average molecular weight is 679 g/mol. The minimum absolute atomic E-state index is 0.131. The van der Waals surface area contributed by atoms with Gasteiger partial charge in [0.25, 0.3) is 5.91 Å². The lowest BCUT2D eigenvalue weighted by Gasteiger charge is -2.28. The lowest BCUT2D eigenvalue weighted by atomic mass is 9.95. The van der Waals surface area contributed by atoms with Crippen LogP contribution in [0.3, 0.4) is 0 Å². The molecule has 1 aliphatic rings. The number of allylic oxidation sites excluding steroid dienone is 1. The van der Waals surface area contributed by atoms with Gasteiger partial charge in [0.1, 0.15) is 6.04 Å². The Labute approximate surface area is 262 Å². The Hall–Kier alpha value is -3.22. The molecule has 0 spiro atoms. The van der Waals surface area contributed by atoms with Crippen molar-refractivity contribution in [1.29, 1.82) is 0 Å². The van der Waals surface area contributed by atoms with Gasteiger partial charge in [0.05, 0.1) is 23.8 Å². The predicted octanol–water partition coefficient (Wildman–Crippen LogP) is 6.09. The molecule has 13 heteroatoms. The zero-order chi connectivity index (χ0) is 30.4. The summed E-state index contributed by atoms with van der Waals surface area (Å²) in [6, 6.07) is 10.5. The molecule has 224 valence electrons.